The maximum Gasteiger partial charge on any atom is 0.137 e. The van der Waals surface area contributed by atoms with Crippen LogP contribution in [0.4, 0.5) is 5.82 Å². The van der Waals surface area contributed by atoms with E-state index in [1.165, 1.54) is 0 Å². The predicted molar refractivity (Wildman–Crippen MR) is 110 cm³/mol. The van der Waals surface area contributed by atoms with Crippen LogP contribution in [-0.4, -0.2) is 16.5 Å². The van der Waals surface area contributed by atoms with E-state index in [1.807, 2.05) is 66.7 Å². The molecule has 3 aromatic carbocycles. The lowest BCUT2D eigenvalue weighted by Gasteiger charge is -2.12. The molecule has 1 aromatic heterocycles. The molecule has 0 unspecified atom stereocenters. The first-order valence-electron chi connectivity index (χ1n) is 8.74. The summed E-state index contributed by atoms with van der Waals surface area (Å²) in [6.45, 7) is 0.716. The fourth-order valence-electron chi connectivity index (χ4n) is 2.91. The molecule has 0 radical (unpaired) electrons. The van der Waals surface area contributed by atoms with Crippen LogP contribution in [-0.2, 0) is 6.42 Å². The quantitative estimate of drug-likeness (QED) is 0.467. The van der Waals surface area contributed by atoms with Gasteiger partial charge in [0.2, 0.25) is 0 Å². The fraction of sp³-hybridized carbons (Fsp3) is 0.0909. The number of ether oxygens (including phenoxy) is 1. The van der Waals surface area contributed by atoms with E-state index >= 15 is 0 Å². The molecule has 0 aliphatic rings. The zero-order valence-electron chi connectivity index (χ0n) is 14.6. The van der Waals surface area contributed by atoms with Crippen LogP contribution in [0.5, 0.6) is 11.5 Å². The Morgan fingerprint density at radius 2 is 1.70 bits per heavy atom. The van der Waals surface area contributed by atoms with Gasteiger partial charge >= 0.3 is 0 Å². The molecule has 5 heteroatoms. The van der Waals surface area contributed by atoms with Crippen molar-refractivity contribution in [3.63, 3.8) is 0 Å². The van der Waals surface area contributed by atoms with Gasteiger partial charge in [-0.15, -0.1) is 0 Å². The average Bonchev–Trinajstić information content (AvgIpc) is 2.70. The first-order valence-corrected chi connectivity index (χ1v) is 9.12. The van der Waals surface area contributed by atoms with E-state index in [1.54, 1.807) is 6.33 Å². The summed E-state index contributed by atoms with van der Waals surface area (Å²) in [7, 11) is 0. The van der Waals surface area contributed by atoms with Crippen LogP contribution in [0.1, 0.15) is 5.56 Å². The van der Waals surface area contributed by atoms with Gasteiger partial charge in [-0.05, 0) is 48.4 Å². The third kappa shape index (κ3) is 4.18. The van der Waals surface area contributed by atoms with Crippen LogP contribution in [0.25, 0.3) is 10.9 Å². The van der Waals surface area contributed by atoms with Gasteiger partial charge in [0.05, 0.1) is 5.52 Å². The van der Waals surface area contributed by atoms with Crippen molar-refractivity contribution in [1.82, 2.24) is 9.97 Å². The summed E-state index contributed by atoms with van der Waals surface area (Å²) in [6, 6.07) is 23.5. The van der Waals surface area contributed by atoms with Crippen LogP contribution in [0.2, 0.25) is 5.02 Å². The molecule has 0 amide bonds. The Balaban J connectivity index is 1.48. The molecule has 27 heavy (non-hydrogen) atoms. The largest absolute Gasteiger partial charge is 0.457 e. The molecule has 0 saturated carbocycles. The summed E-state index contributed by atoms with van der Waals surface area (Å²) in [6.07, 6.45) is 2.36. The molecule has 0 saturated heterocycles. The highest BCUT2D eigenvalue weighted by Gasteiger charge is 2.07. The van der Waals surface area contributed by atoms with Gasteiger partial charge in [0.1, 0.15) is 23.6 Å². The third-order valence-electron chi connectivity index (χ3n) is 4.23. The standard InChI is InChI=1S/C22H18ClN3O/c23-17-10-11-20-19(14-17)22(26-15-25-20)24-13-12-16-6-4-5-9-21(16)27-18-7-2-1-3-8-18/h1-11,14-15H,12-13H2,(H,24,25,26). The molecule has 0 fully saturated rings. The number of para-hydroxylation sites is 2. The van der Waals surface area contributed by atoms with Crippen LogP contribution < -0.4 is 10.1 Å². The Kier molecular flexibility index (Phi) is 5.17. The minimum absolute atomic E-state index is 0.668. The number of benzene rings is 3. The van der Waals surface area contributed by atoms with Crippen LogP contribution >= 0.6 is 11.6 Å². The van der Waals surface area contributed by atoms with Gasteiger partial charge in [-0.3, -0.25) is 0 Å². The van der Waals surface area contributed by atoms with E-state index in [0.29, 0.717) is 11.6 Å². The van der Waals surface area contributed by atoms with E-state index < -0.39 is 0 Å². The van der Waals surface area contributed by atoms with Gasteiger partial charge in [0, 0.05) is 17.0 Å². The average molecular weight is 376 g/mol. The lowest BCUT2D eigenvalue weighted by atomic mass is 10.1. The highest BCUT2D eigenvalue weighted by molar-refractivity contribution is 6.31. The number of fused-ring (bicyclic) bond motifs is 1. The summed E-state index contributed by atoms with van der Waals surface area (Å²) < 4.78 is 6.03. The Morgan fingerprint density at radius 3 is 2.59 bits per heavy atom. The summed E-state index contributed by atoms with van der Waals surface area (Å²) in [5, 5.41) is 4.97. The van der Waals surface area contributed by atoms with E-state index in [-0.39, 0.29) is 0 Å². The van der Waals surface area contributed by atoms with Crippen LogP contribution in [0.3, 0.4) is 0 Å². The van der Waals surface area contributed by atoms with Crippen molar-refractivity contribution < 1.29 is 4.74 Å². The maximum atomic E-state index is 6.12. The van der Waals surface area contributed by atoms with Crippen molar-refractivity contribution in [2.24, 2.45) is 0 Å². The van der Waals surface area contributed by atoms with Crippen molar-refractivity contribution in [2.75, 3.05) is 11.9 Å². The van der Waals surface area contributed by atoms with Gasteiger partial charge in [-0.2, -0.15) is 0 Å². The third-order valence-corrected chi connectivity index (χ3v) is 4.46. The number of halogens is 1. The normalized spacial score (nSPS) is 10.7. The second-order valence-corrected chi connectivity index (χ2v) is 6.52. The van der Waals surface area contributed by atoms with Gasteiger partial charge in [0.15, 0.2) is 0 Å². The maximum absolute atomic E-state index is 6.12. The molecule has 0 bridgehead atoms. The summed E-state index contributed by atoms with van der Waals surface area (Å²) >= 11 is 6.12. The van der Waals surface area contributed by atoms with Gasteiger partial charge in [-0.25, -0.2) is 9.97 Å². The first kappa shape index (κ1) is 17.3. The molecule has 134 valence electrons. The monoisotopic (exact) mass is 375 g/mol. The molecule has 0 atom stereocenters. The number of hydrogen-bond acceptors (Lipinski definition) is 4. The molecule has 4 rings (SSSR count). The second kappa shape index (κ2) is 8.06. The van der Waals surface area contributed by atoms with Crippen molar-refractivity contribution in [2.45, 2.75) is 6.42 Å². The predicted octanol–water partition coefficient (Wildman–Crippen LogP) is 5.73. The SMILES string of the molecule is Clc1ccc2ncnc(NCCc3ccccc3Oc3ccccc3)c2c1. The molecular formula is C22H18ClN3O. The smallest absolute Gasteiger partial charge is 0.137 e. The highest BCUT2D eigenvalue weighted by Crippen LogP contribution is 2.26. The number of nitrogens with zero attached hydrogens (tertiary/aromatic N) is 2. The zero-order chi connectivity index (χ0) is 18.5. The fourth-order valence-corrected chi connectivity index (χ4v) is 3.08. The Bertz CT molecular complexity index is 1050. The van der Waals surface area contributed by atoms with Crippen molar-refractivity contribution in [1.29, 1.82) is 0 Å². The van der Waals surface area contributed by atoms with Gasteiger partial charge < -0.3 is 10.1 Å². The Morgan fingerprint density at radius 1 is 0.889 bits per heavy atom. The van der Waals surface area contributed by atoms with Crippen LogP contribution in [0.15, 0.2) is 79.1 Å². The number of rotatable bonds is 6. The van der Waals surface area contributed by atoms with Crippen molar-refractivity contribution >= 4 is 28.3 Å². The molecule has 1 heterocycles. The van der Waals surface area contributed by atoms with E-state index in [0.717, 1.165) is 40.2 Å². The van der Waals surface area contributed by atoms with E-state index in [2.05, 4.69) is 21.4 Å². The number of anilines is 1. The number of aromatic nitrogens is 2. The Hall–Kier alpha value is -3.11. The molecule has 4 nitrogen and oxygen atoms in total. The topological polar surface area (TPSA) is 47.0 Å². The lowest BCUT2D eigenvalue weighted by molar-refractivity contribution is 0.476. The van der Waals surface area contributed by atoms with Gasteiger partial charge in [-0.1, -0.05) is 48.0 Å². The lowest BCUT2D eigenvalue weighted by Crippen LogP contribution is -2.07. The van der Waals surface area contributed by atoms with Gasteiger partial charge in [0.25, 0.3) is 0 Å². The minimum atomic E-state index is 0.668. The second-order valence-electron chi connectivity index (χ2n) is 6.08. The summed E-state index contributed by atoms with van der Waals surface area (Å²) in [5.74, 6) is 2.47. The molecule has 0 spiro atoms. The first-order chi connectivity index (χ1) is 13.3. The van der Waals surface area contributed by atoms with Crippen molar-refractivity contribution in [3.05, 3.63) is 89.7 Å². The molecular weight excluding hydrogens is 358 g/mol. The number of hydrogen-bond donors (Lipinski definition) is 1. The van der Waals surface area contributed by atoms with E-state index in [9.17, 15) is 0 Å². The van der Waals surface area contributed by atoms with E-state index in [4.69, 9.17) is 16.3 Å². The molecule has 0 aliphatic carbocycles. The molecule has 0 aliphatic heterocycles. The molecule has 1 N–H and O–H groups in total. The Labute approximate surface area is 162 Å². The van der Waals surface area contributed by atoms with Crippen molar-refractivity contribution in [3.8, 4) is 11.5 Å². The zero-order valence-corrected chi connectivity index (χ0v) is 15.4. The highest BCUT2D eigenvalue weighted by atomic mass is 35.5. The van der Waals surface area contributed by atoms with Crippen LogP contribution in [0, 0.1) is 0 Å². The number of nitrogens with one attached hydrogen (secondary N) is 1. The summed E-state index contributed by atoms with van der Waals surface area (Å²) in [5.41, 5.74) is 2.00. The summed E-state index contributed by atoms with van der Waals surface area (Å²) in [4.78, 5) is 8.64. The molecule has 4 aromatic rings. The minimum Gasteiger partial charge on any atom is -0.457 e.